The second-order valence-electron chi connectivity index (χ2n) is 10.7. The van der Waals surface area contributed by atoms with Crippen LogP contribution in [-0.2, 0) is 19.0 Å². The predicted molar refractivity (Wildman–Crippen MR) is 135 cm³/mol. The largest absolute Gasteiger partial charge is 0.469 e. The van der Waals surface area contributed by atoms with E-state index in [1.54, 1.807) is 0 Å². The number of hydrogen-bond donors (Lipinski definition) is 2. The van der Waals surface area contributed by atoms with E-state index in [9.17, 15) is 15.0 Å². The van der Waals surface area contributed by atoms with Gasteiger partial charge in [0, 0.05) is 37.7 Å². The zero-order valence-electron chi connectivity index (χ0n) is 21.7. The van der Waals surface area contributed by atoms with Gasteiger partial charge in [-0.25, -0.2) is 0 Å². The highest BCUT2D eigenvalue weighted by Crippen LogP contribution is 2.40. The Labute approximate surface area is 211 Å². The molecule has 0 radical (unpaired) electrons. The van der Waals surface area contributed by atoms with Gasteiger partial charge in [0.1, 0.15) is 0 Å². The molecule has 1 unspecified atom stereocenters. The highest BCUT2D eigenvalue weighted by atomic mass is 16.7. The monoisotopic (exact) mass is 490 g/mol. The van der Waals surface area contributed by atoms with E-state index in [1.807, 2.05) is 13.0 Å². The van der Waals surface area contributed by atoms with Crippen molar-refractivity contribution in [1.29, 1.82) is 0 Å². The second-order valence-corrected chi connectivity index (χ2v) is 10.7. The van der Waals surface area contributed by atoms with Crippen LogP contribution < -0.4 is 0 Å². The average Bonchev–Trinajstić information content (AvgIpc) is 3.64. The fourth-order valence-corrected chi connectivity index (χ4v) is 5.16. The predicted octanol–water partition coefficient (Wildman–Crippen LogP) is 4.77. The van der Waals surface area contributed by atoms with Crippen molar-refractivity contribution >= 4 is 5.97 Å². The zero-order valence-corrected chi connectivity index (χ0v) is 21.7. The van der Waals surface area contributed by atoms with E-state index in [-0.39, 0.29) is 36.1 Å². The highest BCUT2D eigenvalue weighted by Gasteiger charge is 2.42. The first-order valence-corrected chi connectivity index (χ1v) is 13.8. The van der Waals surface area contributed by atoms with Crippen LogP contribution in [0.3, 0.4) is 0 Å². The molecule has 3 rings (SSSR count). The van der Waals surface area contributed by atoms with Crippen molar-refractivity contribution in [3.63, 3.8) is 0 Å². The number of ether oxygens (including phenoxy) is 3. The minimum atomic E-state index is -0.563. The van der Waals surface area contributed by atoms with E-state index in [4.69, 9.17) is 14.2 Å². The third-order valence-electron chi connectivity index (χ3n) is 7.67. The molecule has 2 N–H and O–H groups in total. The number of methoxy groups -OCH3 is 1. The van der Waals surface area contributed by atoms with Gasteiger partial charge in [-0.3, -0.25) is 4.79 Å². The summed E-state index contributed by atoms with van der Waals surface area (Å²) >= 11 is 0. The van der Waals surface area contributed by atoms with Crippen molar-refractivity contribution in [2.24, 2.45) is 23.7 Å². The van der Waals surface area contributed by atoms with E-state index in [0.29, 0.717) is 25.2 Å². The first-order valence-electron chi connectivity index (χ1n) is 13.8. The van der Waals surface area contributed by atoms with Crippen LogP contribution in [0.2, 0.25) is 0 Å². The summed E-state index contributed by atoms with van der Waals surface area (Å²) in [5, 5.41) is 21.7. The molecule has 0 amide bonds. The second kappa shape index (κ2) is 15.0. The third kappa shape index (κ3) is 9.88. The summed E-state index contributed by atoms with van der Waals surface area (Å²) in [5.41, 5.74) is 0. The maximum absolute atomic E-state index is 11.3. The summed E-state index contributed by atoms with van der Waals surface area (Å²) in [5.74, 6) is 7.14. The molecule has 0 aromatic heterocycles. The first-order chi connectivity index (χ1) is 17.0. The normalized spacial score (nSPS) is 30.6. The van der Waals surface area contributed by atoms with Gasteiger partial charge >= 0.3 is 5.97 Å². The topological polar surface area (TPSA) is 85.2 Å². The lowest BCUT2D eigenvalue weighted by Gasteiger charge is -2.29. The van der Waals surface area contributed by atoms with Crippen molar-refractivity contribution in [3.8, 4) is 11.8 Å². The summed E-state index contributed by atoms with van der Waals surface area (Å²) in [7, 11) is 1.42. The molecule has 198 valence electrons. The maximum atomic E-state index is 11.3. The third-order valence-corrected chi connectivity index (χ3v) is 7.67. The quantitative estimate of drug-likeness (QED) is 0.167. The molecule has 3 fully saturated rings. The summed E-state index contributed by atoms with van der Waals surface area (Å²) in [4.78, 5) is 11.3. The Bertz CT molecular complexity index is 714. The van der Waals surface area contributed by atoms with Crippen molar-refractivity contribution in [1.82, 2.24) is 0 Å². The minimum absolute atomic E-state index is 0.0463. The Morgan fingerprint density at radius 2 is 1.97 bits per heavy atom. The number of rotatable bonds is 13. The van der Waals surface area contributed by atoms with Crippen LogP contribution >= 0.6 is 0 Å². The molecule has 6 heteroatoms. The van der Waals surface area contributed by atoms with Crippen molar-refractivity contribution in [2.75, 3.05) is 13.7 Å². The van der Waals surface area contributed by atoms with Crippen LogP contribution in [0.4, 0.5) is 0 Å². The molecule has 0 aromatic carbocycles. The number of esters is 1. The Morgan fingerprint density at radius 1 is 1.17 bits per heavy atom. The number of carbonyl (C=O) groups excluding carboxylic acids is 1. The summed E-state index contributed by atoms with van der Waals surface area (Å²) < 4.78 is 16.9. The Balaban J connectivity index is 1.54. The van der Waals surface area contributed by atoms with Crippen LogP contribution in [0, 0.1) is 35.5 Å². The van der Waals surface area contributed by atoms with Crippen molar-refractivity contribution < 1.29 is 29.2 Å². The van der Waals surface area contributed by atoms with E-state index in [2.05, 4.69) is 17.9 Å². The van der Waals surface area contributed by atoms with Crippen LogP contribution in [0.25, 0.3) is 0 Å². The highest BCUT2D eigenvalue weighted by molar-refractivity contribution is 5.68. The molecule has 1 heterocycles. The average molecular weight is 491 g/mol. The molecule has 0 aromatic rings. The SMILES string of the molecule is COC(=O)CCCCCC[C@@H]1[C@@H](/C=C/[C@@H](O)[C@@H](C)CC#CC2CC2)[C@H](OC2CCCCO2)C[C@@H]1O. The lowest BCUT2D eigenvalue weighted by Crippen LogP contribution is -2.31. The Morgan fingerprint density at radius 3 is 2.69 bits per heavy atom. The van der Waals surface area contributed by atoms with Crippen molar-refractivity contribution in [2.45, 2.75) is 115 Å². The van der Waals surface area contributed by atoms with Gasteiger partial charge < -0.3 is 24.4 Å². The summed E-state index contributed by atoms with van der Waals surface area (Å²) in [6, 6.07) is 0. The van der Waals surface area contributed by atoms with Gasteiger partial charge in [0.05, 0.1) is 25.4 Å². The van der Waals surface area contributed by atoms with Gasteiger partial charge in [0.15, 0.2) is 6.29 Å². The summed E-state index contributed by atoms with van der Waals surface area (Å²) in [6.45, 7) is 2.77. The zero-order chi connectivity index (χ0) is 25.0. The molecule has 2 aliphatic carbocycles. The minimum Gasteiger partial charge on any atom is -0.469 e. The van der Waals surface area contributed by atoms with Crippen LogP contribution in [0.15, 0.2) is 12.2 Å². The van der Waals surface area contributed by atoms with Gasteiger partial charge in [-0.05, 0) is 56.8 Å². The van der Waals surface area contributed by atoms with E-state index in [0.717, 1.165) is 58.0 Å². The Kier molecular flexibility index (Phi) is 12.1. The fraction of sp³-hybridized carbons (Fsp3) is 0.828. The maximum Gasteiger partial charge on any atom is 0.305 e. The number of hydrogen-bond acceptors (Lipinski definition) is 6. The molecule has 2 saturated carbocycles. The lowest BCUT2D eigenvalue weighted by atomic mass is 9.87. The van der Waals surface area contributed by atoms with Gasteiger partial charge in [0.25, 0.3) is 0 Å². The van der Waals surface area contributed by atoms with Crippen LogP contribution in [0.1, 0.15) is 90.4 Å². The molecule has 7 atom stereocenters. The molecule has 35 heavy (non-hydrogen) atoms. The number of carbonyl (C=O) groups is 1. The molecular weight excluding hydrogens is 444 g/mol. The standard InChI is InChI=1S/C29H46O6/c1-21(10-9-11-22-15-16-22)25(30)18-17-24-23(12-5-3-4-6-13-28(32)33-2)26(31)20-27(24)35-29-14-7-8-19-34-29/h17-18,21-27,29-31H,3-8,10,12-16,19-20H2,1-2H3/b18-17+/t21-,23+,24+,25+,26-,27+,29?/m0/s1. The molecule has 3 aliphatic rings. The summed E-state index contributed by atoms with van der Waals surface area (Å²) in [6.07, 6.45) is 14.7. The lowest BCUT2D eigenvalue weighted by molar-refractivity contribution is -0.193. The van der Waals surface area contributed by atoms with Gasteiger partial charge in [-0.15, -0.1) is 5.92 Å². The van der Waals surface area contributed by atoms with Gasteiger partial charge in [-0.1, -0.05) is 44.3 Å². The fourth-order valence-electron chi connectivity index (χ4n) is 5.16. The van der Waals surface area contributed by atoms with E-state index >= 15 is 0 Å². The van der Waals surface area contributed by atoms with Crippen LogP contribution in [0.5, 0.6) is 0 Å². The molecule has 6 nitrogen and oxygen atoms in total. The smallest absolute Gasteiger partial charge is 0.305 e. The molecule has 1 aliphatic heterocycles. The number of unbranched alkanes of at least 4 members (excludes halogenated alkanes) is 3. The van der Waals surface area contributed by atoms with Crippen LogP contribution in [-0.4, -0.2) is 54.5 Å². The molecule has 0 spiro atoms. The number of aliphatic hydroxyl groups is 2. The number of aliphatic hydroxyl groups excluding tert-OH is 2. The van der Waals surface area contributed by atoms with Crippen molar-refractivity contribution in [3.05, 3.63) is 12.2 Å². The van der Waals surface area contributed by atoms with E-state index in [1.165, 1.54) is 20.0 Å². The molecular formula is C29H46O6. The Hall–Kier alpha value is -1.39. The first kappa shape index (κ1) is 28.2. The molecule has 1 saturated heterocycles. The molecule has 0 bridgehead atoms. The van der Waals surface area contributed by atoms with Gasteiger partial charge in [0.2, 0.25) is 0 Å². The van der Waals surface area contributed by atoms with E-state index < -0.39 is 12.2 Å². The van der Waals surface area contributed by atoms with Gasteiger partial charge in [-0.2, -0.15) is 0 Å².